The van der Waals surface area contributed by atoms with Crippen LogP contribution in [0.25, 0.3) is 0 Å². The summed E-state index contributed by atoms with van der Waals surface area (Å²) in [6.45, 7) is 4.41. The number of ether oxygens (including phenoxy) is 1. The molecule has 4 heteroatoms. The van der Waals surface area contributed by atoms with E-state index in [-0.39, 0.29) is 11.3 Å². The fourth-order valence-electron chi connectivity index (χ4n) is 3.23. The van der Waals surface area contributed by atoms with Gasteiger partial charge < -0.3 is 10.1 Å². The minimum absolute atomic E-state index is 0.0467. The second-order valence-electron chi connectivity index (χ2n) is 6.71. The highest BCUT2D eigenvalue weighted by Gasteiger charge is 2.39. The molecule has 0 spiro atoms. The molecule has 1 aliphatic heterocycles. The Morgan fingerprint density at radius 1 is 1.15 bits per heavy atom. The molecule has 0 aromatic heterocycles. The molecular weight excluding hydrogens is 252 g/mol. The maximum Gasteiger partial charge on any atom is 0.240 e. The minimum atomic E-state index is -0.780. The molecule has 1 saturated heterocycles. The molecule has 2 rings (SSSR count). The molecule has 0 unspecified atom stereocenters. The number of hydrogen-bond donors (Lipinski definition) is 1. The molecule has 112 valence electrons. The summed E-state index contributed by atoms with van der Waals surface area (Å²) in [5, 5.41) is 12.6. The second kappa shape index (κ2) is 6.58. The highest BCUT2D eigenvalue weighted by Crippen LogP contribution is 2.35. The minimum Gasteiger partial charge on any atom is -0.381 e. The van der Waals surface area contributed by atoms with Gasteiger partial charge in [0.2, 0.25) is 5.91 Å². The van der Waals surface area contributed by atoms with Crippen molar-refractivity contribution in [3.05, 3.63) is 0 Å². The van der Waals surface area contributed by atoms with Crippen LogP contribution in [0.5, 0.6) is 0 Å². The third kappa shape index (κ3) is 3.52. The molecule has 0 aromatic carbocycles. The Bertz CT molecular complexity index is 372. The van der Waals surface area contributed by atoms with Gasteiger partial charge in [-0.1, -0.05) is 32.6 Å². The Hall–Kier alpha value is -1.08. The summed E-state index contributed by atoms with van der Waals surface area (Å²) in [4.78, 5) is 12.5. The molecule has 0 radical (unpaired) electrons. The SMILES string of the molecule is CC1(CNC(=O)C2(C#N)CCCCCC2)CCOCC1. The normalized spacial score (nSPS) is 25.2. The maximum absolute atomic E-state index is 12.5. The van der Waals surface area contributed by atoms with Crippen LogP contribution in [-0.4, -0.2) is 25.7 Å². The third-order valence-corrected chi connectivity index (χ3v) is 4.98. The number of amides is 1. The van der Waals surface area contributed by atoms with E-state index in [0.29, 0.717) is 6.54 Å². The second-order valence-corrected chi connectivity index (χ2v) is 6.71. The molecule has 1 saturated carbocycles. The molecule has 1 aliphatic carbocycles. The van der Waals surface area contributed by atoms with Crippen LogP contribution >= 0.6 is 0 Å². The van der Waals surface area contributed by atoms with Gasteiger partial charge in [0.25, 0.3) is 0 Å². The van der Waals surface area contributed by atoms with Crippen molar-refractivity contribution in [1.82, 2.24) is 5.32 Å². The Labute approximate surface area is 121 Å². The van der Waals surface area contributed by atoms with Crippen molar-refractivity contribution in [3.8, 4) is 6.07 Å². The standard InChI is InChI=1S/C16H26N2O2/c1-15(8-10-20-11-9-15)13-18-14(19)16(12-17)6-4-2-3-5-7-16/h2-11,13H2,1H3,(H,18,19). The number of carbonyl (C=O) groups excluding carboxylic acids is 1. The van der Waals surface area contributed by atoms with Gasteiger partial charge >= 0.3 is 0 Å². The molecule has 0 aromatic rings. The molecule has 20 heavy (non-hydrogen) atoms. The summed E-state index contributed by atoms with van der Waals surface area (Å²) < 4.78 is 5.38. The van der Waals surface area contributed by atoms with Crippen LogP contribution in [0.2, 0.25) is 0 Å². The lowest BCUT2D eigenvalue weighted by Crippen LogP contribution is -2.45. The fraction of sp³-hybridized carbons (Fsp3) is 0.875. The first-order valence-corrected chi connectivity index (χ1v) is 7.88. The van der Waals surface area contributed by atoms with Crippen molar-refractivity contribution in [1.29, 1.82) is 5.26 Å². The van der Waals surface area contributed by atoms with Gasteiger partial charge in [-0.3, -0.25) is 4.79 Å². The van der Waals surface area contributed by atoms with Crippen LogP contribution in [0.15, 0.2) is 0 Å². The van der Waals surface area contributed by atoms with Gasteiger partial charge in [-0.2, -0.15) is 5.26 Å². The molecule has 1 heterocycles. The van der Waals surface area contributed by atoms with E-state index in [1.165, 1.54) is 0 Å². The first kappa shape index (κ1) is 15.3. The predicted molar refractivity (Wildman–Crippen MR) is 76.9 cm³/mol. The van der Waals surface area contributed by atoms with Gasteiger partial charge in [-0.15, -0.1) is 0 Å². The summed E-state index contributed by atoms with van der Waals surface area (Å²) in [5.41, 5.74) is -0.659. The van der Waals surface area contributed by atoms with Crippen LogP contribution in [0.4, 0.5) is 0 Å². The van der Waals surface area contributed by atoms with Crippen LogP contribution in [0.3, 0.4) is 0 Å². The van der Waals surface area contributed by atoms with E-state index in [1.54, 1.807) is 0 Å². The van der Waals surface area contributed by atoms with Crippen molar-refractivity contribution in [2.75, 3.05) is 19.8 Å². The Kier molecular flexibility index (Phi) is 5.04. The highest BCUT2D eigenvalue weighted by atomic mass is 16.5. The summed E-state index contributed by atoms with van der Waals surface area (Å²) in [6.07, 6.45) is 7.67. The smallest absolute Gasteiger partial charge is 0.240 e. The Morgan fingerprint density at radius 2 is 1.75 bits per heavy atom. The molecular formula is C16H26N2O2. The zero-order valence-corrected chi connectivity index (χ0v) is 12.5. The van der Waals surface area contributed by atoms with Crippen molar-refractivity contribution < 1.29 is 9.53 Å². The van der Waals surface area contributed by atoms with E-state index >= 15 is 0 Å². The number of nitrogens with one attached hydrogen (secondary N) is 1. The Morgan fingerprint density at radius 3 is 2.30 bits per heavy atom. The predicted octanol–water partition coefficient (Wildman–Crippen LogP) is 2.78. The summed E-state index contributed by atoms with van der Waals surface area (Å²) in [7, 11) is 0. The van der Waals surface area contributed by atoms with Crippen molar-refractivity contribution in [2.24, 2.45) is 10.8 Å². The topological polar surface area (TPSA) is 62.1 Å². The largest absolute Gasteiger partial charge is 0.381 e. The number of nitrogens with zero attached hydrogens (tertiary/aromatic N) is 1. The first-order valence-electron chi connectivity index (χ1n) is 7.88. The first-order chi connectivity index (χ1) is 9.60. The lowest BCUT2D eigenvalue weighted by Gasteiger charge is -2.35. The monoisotopic (exact) mass is 278 g/mol. The number of rotatable bonds is 3. The fourth-order valence-corrected chi connectivity index (χ4v) is 3.23. The lowest BCUT2D eigenvalue weighted by molar-refractivity contribution is -0.129. The highest BCUT2D eigenvalue weighted by molar-refractivity contribution is 5.85. The zero-order valence-electron chi connectivity index (χ0n) is 12.5. The van der Waals surface area contributed by atoms with E-state index in [1.807, 2.05) is 0 Å². The van der Waals surface area contributed by atoms with Crippen LogP contribution in [-0.2, 0) is 9.53 Å². The van der Waals surface area contributed by atoms with Crippen molar-refractivity contribution in [2.45, 2.75) is 58.3 Å². The van der Waals surface area contributed by atoms with E-state index in [0.717, 1.165) is 64.6 Å². The number of nitriles is 1. The lowest BCUT2D eigenvalue weighted by atomic mass is 9.79. The molecule has 0 bridgehead atoms. The van der Waals surface area contributed by atoms with Crippen molar-refractivity contribution >= 4 is 5.91 Å². The zero-order chi connectivity index (χ0) is 14.5. The summed E-state index contributed by atoms with van der Waals surface area (Å²) in [6, 6.07) is 2.32. The molecule has 2 aliphatic rings. The van der Waals surface area contributed by atoms with E-state index in [4.69, 9.17) is 4.74 Å². The van der Waals surface area contributed by atoms with Gasteiger partial charge in [0, 0.05) is 19.8 Å². The van der Waals surface area contributed by atoms with E-state index < -0.39 is 5.41 Å². The average Bonchev–Trinajstić information content (AvgIpc) is 2.72. The number of carbonyl (C=O) groups is 1. The molecule has 4 nitrogen and oxygen atoms in total. The molecule has 1 amide bonds. The maximum atomic E-state index is 12.5. The van der Waals surface area contributed by atoms with Crippen LogP contribution < -0.4 is 5.32 Å². The quantitative estimate of drug-likeness (QED) is 0.807. The van der Waals surface area contributed by atoms with Gasteiger partial charge in [0.15, 0.2) is 0 Å². The van der Waals surface area contributed by atoms with Gasteiger partial charge in [-0.05, 0) is 31.1 Å². The Balaban J connectivity index is 1.93. The van der Waals surface area contributed by atoms with E-state index in [2.05, 4.69) is 18.3 Å². The van der Waals surface area contributed by atoms with E-state index in [9.17, 15) is 10.1 Å². The molecule has 2 fully saturated rings. The number of hydrogen-bond acceptors (Lipinski definition) is 3. The average molecular weight is 278 g/mol. The van der Waals surface area contributed by atoms with Gasteiger partial charge in [0.05, 0.1) is 6.07 Å². The summed E-state index contributed by atoms with van der Waals surface area (Å²) >= 11 is 0. The summed E-state index contributed by atoms with van der Waals surface area (Å²) in [5.74, 6) is -0.0467. The van der Waals surface area contributed by atoms with Gasteiger partial charge in [-0.25, -0.2) is 0 Å². The van der Waals surface area contributed by atoms with Crippen LogP contribution in [0, 0.1) is 22.2 Å². The van der Waals surface area contributed by atoms with Crippen molar-refractivity contribution in [3.63, 3.8) is 0 Å². The molecule has 1 N–H and O–H groups in total. The van der Waals surface area contributed by atoms with Gasteiger partial charge in [0.1, 0.15) is 5.41 Å². The third-order valence-electron chi connectivity index (χ3n) is 4.98. The van der Waals surface area contributed by atoms with Crippen LogP contribution in [0.1, 0.15) is 58.3 Å². The molecule has 0 atom stereocenters.